The minimum atomic E-state index is 0.178. The van der Waals surface area contributed by atoms with E-state index in [1.165, 1.54) is 8.45 Å². The van der Waals surface area contributed by atoms with E-state index in [0.717, 1.165) is 25.1 Å². The summed E-state index contributed by atoms with van der Waals surface area (Å²) in [5.74, 6) is 0.667. The van der Waals surface area contributed by atoms with Crippen molar-refractivity contribution in [2.75, 3.05) is 13.1 Å². The van der Waals surface area contributed by atoms with Crippen LogP contribution in [0.15, 0.2) is 41.8 Å². The number of amides is 1. The molecule has 1 amide bonds. The number of hydrogen-bond acceptors (Lipinski definition) is 2. The van der Waals surface area contributed by atoms with E-state index < -0.39 is 0 Å². The summed E-state index contributed by atoms with van der Waals surface area (Å²) in [4.78, 5) is 14.3. The smallest absolute Gasteiger partial charge is 0.254 e. The van der Waals surface area contributed by atoms with E-state index >= 15 is 0 Å². The Morgan fingerprint density at radius 1 is 1.32 bits per heavy atom. The Hall–Kier alpha value is -0.880. The van der Waals surface area contributed by atoms with E-state index in [4.69, 9.17) is 0 Å². The van der Waals surface area contributed by atoms with Crippen LogP contribution in [-0.2, 0) is 0 Å². The second-order valence-corrected chi connectivity index (χ2v) is 7.59. The zero-order valence-electron chi connectivity index (χ0n) is 10.4. The summed E-state index contributed by atoms with van der Waals surface area (Å²) < 4.78 is 1.17. The molecule has 0 bridgehead atoms. The molecule has 1 aromatic heterocycles. The Bertz CT molecular complexity index is 581. The van der Waals surface area contributed by atoms with Gasteiger partial charge < -0.3 is 4.90 Å². The average Bonchev–Trinajstić information content (AvgIpc) is 3.08. The number of carbonyl (C=O) groups is 1. The molecule has 1 fully saturated rings. The molecule has 98 valence electrons. The number of rotatable bonds is 2. The fourth-order valence-corrected chi connectivity index (χ4v) is 3.87. The lowest BCUT2D eigenvalue weighted by molar-refractivity contribution is 0.0791. The summed E-state index contributed by atoms with van der Waals surface area (Å²) in [6.45, 7) is 1.71. The topological polar surface area (TPSA) is 20.3 Å². The van der Waals surface area contributed by atoms with Crippen molar-refractivity contribution in [3.63, 3.8) is 0 Å². The molecule has 2 heterocycles. The fraction of sp³-hybridized carbons (Fsp3) is 0.267. The highest BCUT2D eigenvalue weighted by Crippen LogP contribution is 2.28. The predicted octanol–water partition coefficient (Wildman–Crippen LogP) is 3.98. The quantitative estimate of drug-likeness (QED) is 0.719. The normalized spacial score (nSPS) is 18.8. The minimum absolute atomic E-state index is 0.178. The molecule has 3 rings (SSSR count). The average molecular weight is 383 g/mol. The third-order valence-corrected chi connectivity index (χ3v) is 5.35. The van der Waals surface area contributed by atoms with Gasteiger partial charge in [-0.15, -0.1) is 11.3 Å². The Morgan fingerprint density at radius 2 is 2.11 bits per heavy atom. The van der Waals surface area contributed by atoms with Gasteiger partial charge in [-0.3, -0.25) is 4.79 Å². The Morgan fingerprint density at radius 3 is 2.79 bits per heavy atom. The van der Waals surface area contributed by atoms with E-state index in [0.29, 0.717) is 5.92 Å². The van der Waals surface area contributed by atoms with Crippen LogP contribution in [0.25, 0.3) is 0 Å². The summed E-state index contributed by atoms with van der Waals surface area (Å²) >= 11 is 3.89. The van der Waals surface area contributed by atoms with Crippen molar-refractivity contribution >= 4 is 39.8 Å². The summed E-state index contributed by atoms with van der Waals surface area (Å²) in [5, 5.41) is 1.96. The van der Waals surface area contributed by atoms with Crippen LogP contribution < -0.4 is 0 Å². The van der Waals surface area contributed by atoms with E-state index in [-0.39, 0.29) is 5.91 Å². The lowest BCUT2D eigenvalue weighted by Gasteiger charge is -2.16. The number of carbonyl (C=O) groups excluding carboxylic acids is 1. The van der Waals surface area contributed by atoms with Crippen molar-refractivity contribution in [1.82, 2.24) is 4.90 Å². The molecule has 0 saturated carbocycles. The van der Waals surface area contributed by atoms with Gasteiger partial charge >= 0.3 is 0 Å². The van der Waals surface area contributed by atoms with Crippen LogP contribution in [0.5, 0.6) is 0 Å². The molecule has 1 unspecified atom stereocenters. The molecule has 0 N–H and O–H groups in total. The van der Waals surface area contributed by atoms with Gasteiger partial charge in [-0.1, -0.05) is 30.3 Å². The summed E-state index contributed by atoms with van der Waals surface area (Å²) in [7, 11) is 0. The largest absolute Gasteiger partial charge is 0.338 e. The molecule has 2 nitrogen and oxygen atoms in total. The highest BCUT2D eigenvalue weighted by molar-refractivity contribution is 14.1. The third kappa shape index (κ3) is 2.84. The van der Waals surface area contributed by atoms with Gasteiger partial charge in [-0.05, 0) is 40.6 Å². The van der Waals surface area contributed by atoms with Crippen molar-refractivity contribution < 1.29 is 4.79 Å². The van der Waals surface area contributed by atoms with Crippen molar-refractivity contribution in [1.29, 1.82) is 0 Å². The van der Waals surface area contributed by atoms with Crippen molar-refractivity contribution in [2.45, 2.75) is 12.3 Å². The maximum Gasteiger partial charge on any atom is 0.254 e. The molecule has 2 aromatic rings. The fourth-order valence-electron chi connectivity index (χ4n) is 2.55. The van der Waals surface area contributed by atoms with Crippen LogP contribution in [0.4, 0.5) is 0 Å². The lowest BCUT2D eigenvalue weighted by Crippen LogP contribution is -2.28. The molecular formula is C15H14INOS. The van der Waals surface area contributed by atoms with Crippen LogP contribution in [-0.4, -0.2) is 23.9 Å². The van der Waals surface area contributed by atoms with Gasteiger partial charge in [-0.25, -0.2) is 0 Å². The Balaban J connectivity index is 1.71. The number of benzene rings is 1. The van der Waals surface area contributed by atoms with Crippen LogP contribution in [0.1, 0.15) is 28.3 Å². The van der Waals surface area contributed by atoms with Gasteiger partial charge in [0.05, 0.1) is 8.45 Å². The first kappa shape index (κ1) is 13.1. The molecular weight excluding hydrogens is 369 g/mol. The van der Waals surface area contributed by atoms with Gasteiger partial charge in [0, 0.05) is 24.4 Å². The number of likely N-dealkylation sites (tertiary alicyclic amines) is 1. The second kappa shape index (κ2) is 5.63. The summed E-state index contributed by atoms with van der Waals surface area (Å²) in [6.07, 6.45) is 1.07. The molecule has 0 spiro atoms. The lowest BCUT2D eigenvalue weighted by atomic mass is 9.99. The molecule has 1 saturated heterocycles. The first-order chi connectivity index (χ1) is 9.24. The first-order valence-corrected chi connectivity index (χ1v) is 8.28. The van der Waals surface area contributed by atoms with E-state index in [2.05, 4.69) is 46.9 Å². The first-order valence-electron chi connectivity index (χ1n) is 6.32. The molecule has 1 atom stereocenters. The van der Waals surface area contributed by atoms with Crippen molar-refractivity contribution in [3.8, 4) is 0 Å². The SMILES string of the molecule is O=C(c1csc(I)c1)N1CCC(c2ccccc2)C1. The Labute approximate surface area is 130 Å². The van der Waals surface area contributed by atoms with Gasteiger partial charge in [0.15, 0.2) is 0 Å². The maximum atomic E-state index is 12.4. The molecule has 1 aliphatic heterocycles. The second-order valence-electron chi connectivity index (χ2n) is 4.79. The summed E-state index contributed by atoms with van der Waals surface area (Å²) in [6, 6.07) is 12.5. The van der Waals surface area contributed by atoms with Crippen LogP contribution >= 0.6 is 33.9 Å². The van der Waals surface area contributed by atoms with E-state index in [9.17, 15) is 4.79 Å². The van der Waals surface area contributed by atoms with Gasteiger partial charge in [0.2, 0.25) is 0 Å². The van der Waals surface area contributed by atoms with Crippen LogP contribution in [0, 0.1) is 2.88 Å². The number of nitrogens with zero attached hydrogens (tertiary/aromatic N) is 1. The molecule has 0 aliphatic carbocycles. The maximum absolute atomic E-state index is 12.4. The third-order valence-electron chi connectivity index (χ3n) is 3.56. The van der Waals surface area contributed by atoms with E-state index in [1.807, 2.05) is 22.4 Å². The highest BCUT2D eigenvalue weighted by atomic mass is 127. The van der Waals surface area contributed by atoms with Gasteiger partial charge in [0.1, 0.15) is 0 Å². The van der Waals surface area contributed by atoms with Gasteiger partial charge in [0.25, 0.3) is 5.91 Å². The van der Waals surface area contributed by atoms with Crippen molar-refractivity contribution in [3.05, 3.63) is 55.8 Å². The van der Waals surface area contributed by atoms with E-state index in [1.54, 1.807) is 11.3 Å². The molecule has 4 heteroatoms. The molecule has 1 aromatic carbocycles. The van der Waals surface area contributed by atoms with Crippen molar-refractivity contribution in [2.24, 2.45) is 0 Å². The molecule has 0 radical (unpaired) electrons. The number of hydrogen-bond donors (Lipinski definition) is 0. The standard InChI is InChI=1S/C15H14INOS/c16-14-8-13(10-19-14)15(18)17-7-6-12(9-17)11-4-2-1-3-5-11/h1-5,8,10,12H,6-7,9H2. The zero-order valence-corrected chi connectivity index (χ0v) is 13.4. The van der Waals surface area contributed by atoms with Crippen LogP contribution in [0.3, 0.4) is 0 Å². The van der Waals surface area contributed by atoms with Crippen LogP contribution in [0.2, 0.25) is 0 Å². The summed E-state index contributed by atoms with van der Waals surface area (Å²) in [5.41, 5.74) is 2.18. The molecule has 19 heavy (non-hydrogen) atoms. The Kier molecular flexibility index (Phi) is 3.88. The predicted molar refractivity (Wildman–Crippen MR) is 86.7 cm³/mol. The van der Waals surface area contributed by atoms with Gasteiger partial charge in [-0.2, -0.15) is 0 Å². The number of thiophene rings is 1. The number of halogens is 1. The highest BCUT2D eigenvalue weighted by Gasteiger charge is 2.28. The zero-order chi connectivity index (χ0) is 13.2. The minimum Gasteiger partial charge on any atom is -0.338 e. The molecule has 1 aliphatic rings. The monoisotopic (exact) mass is 383 g/mol.